The molecule has 2 aliphatic rings. The summed E-state index contributed by atoms with van der Waals surface area (Å²) >= 11 is 0. The Morgan fingerprint density at radius 2 is 1.59 bits per heavy atom. The van der Waals surface area contributed by atoms with E-state index in [2.05, 4.69) is 57.4 Å². The van der Waals surface area contributed by atoms with Gasteiger partial charge in [-0.1, -0.05) is 42.5 Å². The predicted molar refractivity (Wildman–Crippen MR) is 126 cm³/mol. The molecular weight excluding hydrogens is 400 g/mol. The molecule has 2 aromatic carbocycles. The lowest BCUT2D eigenvalue weighted by atomic mass is 9.72. The summed E-state index contributed by atoms with van der Waals surface area (Å²) in [5.41, 5.74) is 4.86. The first-order valence-corrected chi connectivity index (χ1v) is 11.5. The topological polar surface area (TPSA) is 53.5 Å². The molecule has 2 aliphatic heterocycles. The number of hydrogen-bond acceptors (Lipinski definition) is 4. The molecule has 6 nitrogen and oxygen atoms in total. The average molecular weight is 433 g/mol. The maximum atomic E-state index is 12.9. The van der Waals surface area contributed by atoms with Crippen molar-refractivity contribution < 1.29 is 4.74 Å². The number of fused-ring (bicyclic) bond motifs is 2. The van der Waals surface area contributed by atoms with E-state index in [4.69, 9.17) is 4.74 Å². The number of aryl methyl sites for hydroxylation is 1. The monoisotopic (exact) mass is 432 g/mol. The molecule has 1 saturated heterocycles. The first-order chi connectivity index (χ1) is 15.6. The van der Waals surface area contributed by atoms with Crippen molar-refractivity contribution in [2.24, 2.45) is 7.05 Å². The second-order valence-electron chi connectivity index (χ2n) is 9.36. The molecular formula is C26H32N4O2. The molecule has 0 unspecified atom stereocenters. The van der Waals surface area contributed by atoms with Gasteiger partial charge < -0.3 is 4.74 Å². The highest BCUT2D eigenvalue weighted by Crippen LogP contribution is 2.40. The van der Waals surface area contributed by atoms with Crippen molar-refractivity contribution in [2.45, 2.75) is 37.9 Å². The number of ether oxygens (including phenoxy) is 1. The smallest absolute Gasteiger partial charge is 0.271 e. The van der Waals surface area contributed by atoms with Gasteiger partial charge in [-0.2, -0.15) is 0 Å². The third kappa shape index (κ3) is 4.00. The number of H-pyrrole nitrogens is 1. The van der Waals surface area contributed by atoms with Crippen molar-refractivity contribution in [2.75, 3.05) is 26.7 Å². The number of likely N-dealkylation sites (tertiary alicyclic amines) is 1. The number of hydrogen-bond donors (Lipinski definition) is 1. The summed E-state index contributed by atoms with van der Waals surface area (Å²) < 4.78 is 6.97. The molecule has 0 amide bonds. The van der Waals surface area contributed by atoms with Crippen molar-refractivity contribution >= 4 is 0 Å². The summed E-state index contributed by atoms with van der Waals surface area (Å²) in [5.74, 6) is 0.872. The average Bonchev–Trinajstić information content (AvgIpc) is 3.11. The standard InChI is InChI=1S/C26H32N4O2/c1-28-25(31)23-18-30(17-21-8-10-22(32-2)11-9-21)19-26(24(23)27-28)12-14-29(15-13-26)16-20-6-4-3-5-7-20/h3-11,27H,12-19H2,1-2H3. The highest BCUT2D eigenvalue weighted by molar-refractivity contribution is 5.32. The van der Waals surface area contributed by atoms with E-state index in [1.165, 1.54) is 16.8 Å². The SMILES string of the molecule is COc1ccc(CN2Cc3c([nH]n(C)c3=O)C3(CCN(Cc4ccccc4)CC3)C2)cc1. The predicted octanol–water partition coefficient (Wildman–Crippen LogP) is 3.27. The van der Waals surface area contributed by atoms with E-state index in [0.29, 0.717) is 6.54 Å². The number of aromatic nitrogens is 2. The maximum absolute atomic E-state index is 12.9. The van der Waals surface area contributed by atoms with E-state index in [0.717, 1.165) is 56.9 Å². The Hall–Kier alpha value is -2.83. The van der Waals surface area contributed by atoms with Gasteiger partial charge in [0.25, 0.3) is 5.56 Å². The molecule has 6 heteroatoms. The van der Waals surface area contributed by atoms with Crippen LogP contribution in [0.1, 0.15) is 35.2 Å². The minimum absolute atomic E-state index is 0.00760. The molecule has 1 fully saturated rings. The number of aromatic amines is 1. The van der Waals surface area contributed by atoms with E-state index < -0.39 is 0 Å². The molecule has 1 N–H and O–H groups in total. The van der Waals surface area contributed by atoms with E-state index in [-0.39, 0.29) is 11.0 Å². The Balaban J connectivity index is 1.36. The van der Waals surface area contributed by atoms with Crippen LogP contribution in [0.3, 0.4) is 0 Å². The van der Waals surface area contributed by atoms with Crippen LogP contribution in [0.2, 0.25) is 0 Å². The quantitative estimate of drug-likeness (QED) is 0.672. The molecule has 0 saturated carbocycles. The molecule has 5 rings (SSSR count). The van der Waals surface area contributed by atoms with Crippen LogP contribution in [0, 0.1) is 0 Å². The summed E-state index contributed by atoms with van der Waals surface area (Å²) in [6.45, 7) is 5.60. The van der Waals surface area contributed by atoms with Crippen molar-refractivity contribution in [3.8, 4) is 5.75 Å². The van der Waals surface area contributed by atoms with Gasteiger partial charge >= 0.3 is 0 Å². The molecule has 1 aromatic heterocycles. The number of nitrogens with one attached hydrogen (secondary N) is 1. The first kappa shape index (κ1) is 21.0. The van der Waals surface area contributed by atoms with Gasteiger partial charge in [0, 0.05) is 44.3 Å². The largest absolute Gasteiger partial charge is 0.497 e. The second kappa shape index (κ2) is 8.60. The van der Waals surface area contributed by atoms with Gasteiger partial charge in [-0.15, -0.1) is 0 Å². The summed E-state index contributed by atoms with van der Waals surface area (Å²) in [7, 11) is 3.53. The van der Waals surface area contributed by atoms with Crippen LogP contribution < -0.4 is 10.3 Å². The number of benzene rings is 2. The Labute approximate surface area is 189 Å². The summed E-state index contributed by atoms with van der Waals surface area (Å²) in [6, 6.07) is 19.0. The molecule has 168 valence electrons. The zero-order valence-corrected chi connectivity index (χ0v) is 19.0. The highest BCUT2D eigenvalue weighted by atomic mass is 16.5. The molecule has 3 heterocycles. The van der Waals surface area contributed by atoms with E-state index in [9.17, 15) is 4.79 Å². The summed E-state index contributed by atoms with van der Waals surface area (Å²) in [6.07, 6.45) is 2.12. The fourth-order valence-electron chi connectivity index (χ4n) is 5.46. The van der Waals surface area contributed by atoms with Crippen molar-refractivity contribution in [1.82, 2.24) is 19.6 Å². The van der Waals surface area contributed by atoms with Crippen LogP contribution in [0.5, 0.6) is 5.75 Å². The lowest BCUT2D eigenvalue weighted by molar-refractivity contribution is 0.0881. The van der Waals surface area contributed by atoms with Crippen LogP contribution in [0.25, 0.3) is 0 Å². The van der Waals surface area contributed by atoms with Crippen LogP contribution in [0.15, 0.2) is 59.4 Å². The van der Waals surface area contributed by atoms with Gasteiger partial charge in [-0.05, 0) is 49.2 Å². The number of methoxy groups -OCH3 is 1. The van der Waals surface area contributed by atoms with Gasteiger partial charge in [-0.3, -0.25) is 24.4 Å². The second-order valence-corrected chi connectivity index (χ2v) is 9.36. The fourth-order valence-corrected chi connectivity index (χ4v) is 5.46. The minimum atomic E-state index is 0.00760. The molecule has 0 bridgehead atoms. The third-order valence-corrected chi connectivity index (χ3v) is 7.21. The van der Waals surface area contributed by atoms with Gasteiger partial charge in [0.05, 0.1) is 12.7 Å². The number of rotatable bonds is 5. The molecule has 0 radical (unpaired) electrons. The lowest BCUT2D eigenvalue weighted by Crippen LogP contribution is -2.52. The number of piperidine rings is 1. The van der Waals surface area contributed by atoms with Gasteiger partial charge in [0.2, 0.25) is 0 Å². The highest BCUT2D eigenvalue weighted by Gasteiger charge is 2.44. The maximum Gasteiger partial charge on any atom is 0.271 e. The number of nitrogens with zero attached hydrogens (tertiary/aromatic N) is 3. The fraction of sp³-hybridized carbons (Fsp3) is 0.423. The van der Waals surface area contributed by atoms with Crippen molar-refractivity contribution in [3.05, 3.63) is 87.3 Å². The normalized spacial score (nSPS) is 18.6. The minimum Gasteiger partial charge on any atom is -0.497 e. The Kier molecular flexibility index (Phi) is 5.66. The Morgan fingerprint density at radius 1 is 0.938 bits per heavy atom. The zero-order valence-electron chi connectivity index (χ0n) is 19.0. The van der Waals surface area contributed by atoms with Gasteiger partial charge in [0.1, 0.15) is 5.75 Å². The van der Waals surface area contributed by atoms with Crippen LogP contribution in [-0.4, -0.2) is 46.3 Å². The third-order valence-electron chi connectivity index (χ3n) is 7.21. The summed E-state index contributed by atoms with van der Waals surface area (Å²) in [5, 5.41) is 3.43. The molecule has 0 aliphatic carbocycles. The molecule has 32 heavy (non-hydrogen) atoms. The molecule has 1 spiro atoms. The van der Waals surface area contributed by atoms with E-state index in [1.807, 2.05) is 19.2 Å². The Bertz CT molecular complexity index is 1110. The molecule has 3 aromatic rings. The zero-order chi connectivity index (χ0) is 22.1. The van der Waals surface area contributed by atoms with Crippen molar-refractivity contribution in [3.63, 3.8) is 0 Å². The summed E-state index contributed by atoms with van der Waals surface area (Å²) in [4.78, 5) is 17.9. The lowest BCUT2D eigenvalue weighted by Gasteiger charge is -2.47. The Morgan fingerprint density at radius 3 is 2.28 bits per heavy atom. The van der Waals surface area contributed by atoms with Gasteiger partial charge in [-0.25, -0.2) is 0 Å². The van der Waals surface area contributed by atoms with Crippen molar-refractivity contribution in [1.29, 1.82) is 0 Å². The van der Waals surface area contributed by atoms with Crippen LogP contribution in [0.4, 0.5) is 0 Å². The first-order valence-electron chi connectivity index (χ1n) is 11.5. The van der Waals surface area contributed by atoms with E-state index >= 15 is 0 Å². The van der Waals surface area contributed by atoms with Crippen LogP contribution in [-0.2, 0) is 32.1 Å². The van der Waals surface area contributed by atoms with E-state index in [1.54, 1.807) is 11.8 Å². The molecule has 0 atom stereocenters. The van der Waals surface area contributed by atoms with Gasteiger partial charge in [0.15, 0.2) is 0 Å². The van der Waals surface area contributed by atoms with Crippen LogP contribution >= 0.6 is 0 Å².